The van der Waals surface area contributed by atoms with E-state index >= 15 is 0 Å². The smallest absolute Gasteiger partial charge is 0.357 e. The number of nitrogens with zero attached hydrogens (tertiary/aromatic N) is 1. The van der Waals surface area contributed by atoms with Crippen molar-refractivity contribution >= 4 is 27.3 Å². The van der Waals surface area contributed by atoms with Crippen LogP contribution in [0, 0.1) is 6.92 Å². The Morgan fingerprint density at radius 1 is 1.55 bits per heavy atom. The fourth-order valence-corrected chi connectivity index (χ4v) is 4.14. The van der Waals surface area contributed by atoms with Gasteiger partial charge in [-0.25, -0.2) is 17.9 Å². The maximum atomic E-state index is 12.3. The summed E-state index contributed by atoms with van der Waals surface area (Å²) >= 11 is 1.42. The maximum Gasteiger partial charge on any atom is 0.357 e. The van der Waals surface area contributed by atoms with E-state index in [4.69, 9.17) is 5.11 Å². The van der Waals surface area contributed by atoms with Gasteiger partial charge in [-0.05, 0) is 25.3 Å². The highest BCUT2D eigenvalue weighted by molar-refractivity contribution is 7.89. The first-order chi connectivity index (χ1) is 9.33. The number of hydrogen-bond donors (Lipinski definition) is 3. The van der Waals surface area contributed by atoms with Gasteiger partial charge >= 0.3 is 5.97 Å². The molecule has 2 heterocycles. The Morgan fingerprint density at radius 2 is 2.25 bits per heavy atom. The van der Waals surface area contributed by atoms with Crippen molar-refractivity contribution in [1.29, 1.82) is 0 Å². The minimum absolute atomic E-state index is 0.188. The second-order valence-corrected chi connectivity index (χ2v) is 6.82. The molecule has 0 fully saturated rings. The van der Waals surface area contributed by atoms with Crippen molar-refractivity contribution in [1.82, 2.24) is 14.9 Å². The van der Waals surface area contributed by atoms with E-state index in [1.807, 2.05) is 11.4 Å². The minimum Gasteiger partial charge on any atom is -0.476 e. The molecule has 0 spiro atoms. The van der Waals surface area contributed by atoms with Crippen LogP contribution >= 0.6 is 11.3 Å². The average Bonchev–Trinajstić information content (AvgIpc) is 2.96. The van der Waals surface area contributed by atoms with Crippen LogP contribution in [0.25, 0.3) is 0 Å². The third-order valence-electron chi connectivity index (χ3n) is 2.66. The van der Waals surface area contributed by atoms with Gasteiger partial charge in [0.2, 0.25) is 10.0 Å². The lowest BCUT2D eigenvalue weighted by molar-refractivity contribution is 0.0686. The van der Waals surface area contributed by atoms with E-state index in [0.29, 0.717) is 0 Å². The van der Waals surface area contributed by atoms with Crippen molar-refractivity contribution < 1.29 is 18.3 Å². The number of H-pyrrole nitrogens is 1. The van der Waals surface area contributed by atoms with E-state index in [9.17, 15) is 13.2 Å². The Labute approximate surface area is 119 Å². The zero-order chi connectivity index (χ0) is 14.9. The van der Waals surface area contributed by atoms with Gasteiger partial charge in [0.25, 0.3) is 0 Å². The van der Waals surface area contributed by atoms with Crippen LogP contribution in [0.2, 0.25) is 0 Å². The van der Waals surface area contributed by atoms with Crippen LogP contribution in [0.5, 0.6) is 0 Å². The van der Waals surface area contributed by atoms with Gasteiger partial charge in [0, 0.05) is 4.88 Å². The molecule has 0 aromatic carbocycles. The average molecular weight is 315 g/mol. The van der Waals surface area contributed by atoms with Crippen LogP contribution in [0.3, 0.4) is 0 Å². The van der Waals surface area contributed by atoms with Crippen LogP contribution in [-0.2, 0) is 10.0 Å². The molecule has 2 aromatic heterocycles. The van der Waals surface area contributed by atoms with Crippen LogP contribution in [0.1, 0.15) is 34.0 Å². The first kappa shape index (κ1) is 14.7. The van der Waals surface area contributed by atoms with Gasteiger partial charge in [-0.3, -0.25) is 5.10 Å². The number of sulfonamides is 1. The van der Waals surface area contributed by atoms with E-state index in [-0.39, 0.29) is 10.6 Å². The number of rotatable bonds is 5. The second kappa shape index (κ2) is 5.35. The Balaban J connectivity index is 2.36. The number of hydrogen-bond acceptors (Lipinski definition) is 5. The van der Waals surface area contributed by atoms with E-state index < -0.39 is 27.7 Å². The van der Waals surface area contributed by atoms with Crippen molar-refractivity contribution in [2.45, 2.75) is 24.8 Å². The second-order valence-electron chi connectivity index (χ2n) is 4.19. The molecule has 0 aliphatic rings. The van der Waals surface area contributed by atoms with E-state index in [2.05, 4.69) is 14.9 Å². The van der Waals surface area contributed by atoms with E-state index in [1.54, 1.807) is 13.0 Å². The fraction of sp³-hybridized carbons (Fsp3) is 0.273. The minimum atomic E-state index is -3.97. The Bertz CT molecular complexity index is 719. The maximum absolute atomic E-state index is 12.3. The van der Waals surface area contributed by atoms with Gasteiger partial charge in [-0.1, -0.05) is 6.07 Å². The molecule has 108 valence electrons. The molecular formula is C11H13N3O4S2. The number of nitrogens with one attached hydrogen (secondary N) is 2. The number of aromatic carboxylic acids is 1. The summed E-state index contributed by atoms with van der Waals surface area (Å²) in [5.41, 5.74) is -0.318. The lowest BCUT2D eigenvalue weighted by Gasteiger charge is -2.12. The summed E-state index contributed by atoms with van der Waals surface area (Å²) < 4.78 is 27.1. The number of carboxylic acids is 1. The molecule has 0 aliphatic carbocycles. The molecule has 3 N–H and O–H groups in total. The van der Waals surface area contributed by atoms with Gasteiger partial charge in [0.15, 0.2) is 5.69 Å². The van der Waals surface area contributed by atoms with Crippen LogP contribution in [0.4, 0.5) is 0 Å². The van der Waals surface area contributed by atoms with Gasteiger partial charge in [-0.15, -0.1) is 11.3 Å². The van der Waals surface area contributed by atoms with Crippen molar-refractivity contribution in [2.75, 3.05) is 0 Å². The van der Waals surface area contributed by atoms with Crippen molar-refractivity contribution in [3.63, 3.8) is 0 Å². The van der Waals surface area contributed by atoms with Gasteiger partial charge in [0.1, 0.15) is 4.90 Å². The zero-order valence-electron chi connectivity index (χ0n) is 10.7. The molecule has 2 rings (SSSR count). The number of carbonyl (C=O) groups is 1. The highest BCUT2D eigenvalue weighted by atomic mass is 32.2. The molecule has 0 aliphatic heterocycles. The lowest BCUT2D eigenvalue weighted by atomic mass is 10.3. The largest absolute Gasteiger partial charge is 0.476 e. The number of aromatic amines is 1. The molecule has 0 saturated heterocycles. The summed E-state index contributed by atoms with van der Waals surface area (Å²) in [6, 6.07) is 3.17. The summed E-state index contributed by atoms with van der Waals surface area (Å²) in [6.45, 7) is 3.16. The summed E-state index contributed by atoms with van der Waals surface area (Å²) in [5.74, 6) is -1.39. The van der Waals surface area contributed by atoms with Gasteiger partial charge in [0.05, 0.1) is 11.7 Å². The third kappa shape index (κ3) is 2.74. The Hall–Kier alpha value is -1.71. The van der Waals surface area contributed by atoms with Gasteiger partial charge in [-0.2, -0.15) is 5.10 Å². The Kier molecular flexibility index (Phi) is 3.93. The van der Waals surface area contributed by atoms with Crippen molar-refractivity contribution in [3.05, 3.63) is 33.8 Å². The Morgan fingerprint density at radius 3 is 2.80 bits per heavy atom. The van der Waals surface area contributed by atoms with Crippen molar-refractivity contribution in [3.8, 4) is 0 Å². The lowest BCUT2D eigenvalue weighted by Crippen LogP contribution is -2.28. The number of carboxylic acid groups (broad SMARTS) is 1. The number of aryl methyl sites for hydroxylation is 1. The topological polar surface area (TPSA) is 112 Å². The first-order valence-corrected chi connectivity index (χ1v) is 8.03. The molecule has 0 bridgehead atoms. The predicted octanol–water partition coefficient (Wildman–Crippen LogP) is 1.52. The summed E-state index contributed by atoms with van der Waals surface area (Å²) in [7, 11) is -3.97. The SMILES string of the molecule is Cc1[nH]nc(C(=O)O)c1S(=O)(=O)N[C@@H](C)c1cccs1. The molecule has 9 heteroatoms. The fourth-order valence-electron chi connectivity index (χ4n) is 1.78. The zero-order valence-corrected chi connectivity index (χ0v) is 12.4. The molecule has 7 nitrogen and oxygen atoms in total. The molecule has 0 unspecified atom stereocenters. The van der Waals surface area contributed by atoms with Crippen molar-refractivity contribution in [2.24, 2.45) is 0 Å². The summed E-state index contributed by atoms with van der Waals surface area (Å²) in [4.78, 5) is 11.5. The van der Waals surface area contributed by atoms with Crippen LogP contribution in [-0.4, -0.2) is 29.7 Å². The first-order valence-electron chi connectivity index (χ1n) is 5.67. The molecule has 20 heavy (non-hydrogen) atoms. The summed E-state index contributed by atoms with van der Waals surface area (Å²) in [5, 5.41) is 16.7. The van der Waals surface area contributed by atoms with Crippen LogP contribution in [0.15, 0.2) is 22.4 Å². The molecule has 1 atom stereocenters. The third-order valence-corrected chi connectivity index (χ3v) is 5.42. The predicted molar refractivity (Wildman–Crippen MR) is 73.3 cm³/mol. The highest BCUT2D eigenvalue weighted by Crippen LogP contribution is 2.23. The number of aromatic nitrogens is 2. The standard InChI is InChI=1S/C11H13N3O4S2/c1-6(8-4-3-5-19-8)14-20(17,18)10-7(2)12-13-9(10)11(15)16/h3-6,14H,1-2H3,(H,12,13)(H,15,16)/t6-/m0/s1. The monoisotopic (exact) mass is 315 g/mol. The number of thiophene rings is 1. The normalized spacial score (nSPS) is 13.3. The molecular weight excluding hydrogens is 302 g/mol. The van der Waals surface area contributed by atoms with E-state index in [0.717, 1.165) is 4.88 Å². The molecule has 2 aromatic rings. The molecule has 0 saturated carbocycles. The van der Waals surface area contributed by atoms with Crippen LogP contribution < -0.4 is 4.72 Å². The molecule has 0 amide bonds. The quantitative estimate of drug-likeness (QED) is 0.774. The molecule has 0 radical (unpaired) electrons. The van der Waals surface area contributed by atoms with E-state index in [1.165, 1.54) is 18.3 Å². The van der Waals surface area contributed by atoms with Gasteiger partial charge < -0.3 is 5.11 Å². The highest BCUT2D eigenvalue weighted by Gasteiger charge is 2.29. The summed E-state index contributed by atoms with van der Waals surface area (Å²) in [6.07, 6.45) is 0.